The zero-order valence-corrected chi connectivity index (χ0v) is 11.0. The highest BCUT2D eigenvalue weighted by Gasteiger charge is 2.28. The van der Waals surface area contributed by atoms with E-state index in [9.17, 15) is 0 Å². The van der Waals surface area contributed by atoms with Crippen molar-refractivity contribution in [2.24, 2.45) is 5.92 Å². The summed E-state index contributed by atoms with van der Waals surface area (Å²) in [6, 6.07) is 0. The van der Waals surface area contributed by atoms with Crippen LogP contribution < -0.4 is 0 Å². The van der Waals surface area contributed by atoms with Crippen molar-refractivity contribution in [1.82, 2.24) is 4.90 Å². The fourth-order valence-corrected chi connectivity index (χ4v) is 3.21. The molecule has 1 aliphatic carbocycles. The van der Waals surface area contributed by atoms with E-state index in [-0.39, 0.29) is 0 Å². The van der Waals surface area contributed by atoms with Crippen LogP contribution in [0.1, 0.15) is 52.4 Å². The molecule has 94 valence electrons. The normalized spacial score (nSPS) is 32.4. The zero-order valence-electron chi connectivity index (χ0n) is 11.0. The lowest BCUT2D eigenvalue weighted by molar-refractivity contribution is -0.0514. The van der Waals surface area contributed by atoms with Crippen molar-refractivity contribution in [3.8, 4) is 0 Å². The first-order valence-electron chi connectivity index (χ1n) is 7.13. The van der Waals surface area contributed by atoms with Gasteiger partial charge in [0, 0.05) is 6.54 Å². The Morgan fingerprint density at radius 2 is 1.75 bits per heavy atom. The smallest absolute Gasteiger partial charge is 0.0619 e. The van der Waals surface area contributed by atoms with Crippen LogP contribution in [0.25, 0.3) is 0 Å². The molecular formula is C14H27NO. The molecule has 2 rings (SSSR count). The Kier molecular flexibility index (Phi) is 4.66. The van der Waals surface area contributed by atoms with Gasteiger partial charge in [-0.3, -0.25) is 0 Å². The number of nitrogens with zero attached hydrogens (tertiary/aromatic N) is 1. The summed E-state index contributed by atoms with van der Waals surface area (Å²) in [6.45, 7) is 8.27. The minimum absolute atomic E-state index is 0.393. The predicted molar refractivity (Wildman–Crippen MR) is 67.6 cm³/mol. The lowest BCUT2D eigenvalue weighted by atomic mass is 9.86. The van der Waals surface area contributed by atoms with Crippen molar-refractivity contribution < 1.29 is 4.74 Å². The first-order chi connectivity index (χ1) is 7.75. The highest BCUT2D eigenvalue weighted by atomic mass is 16.5. The van der Waals surface area contributed by atoms with Gasteiger partial charge in [0.15, 0.2) is 0 Å². The molecule has 0 amide bonds. The molecule has 2 nitrogen and oxygen atoms in total. The van der Waals surface area contributed by atoms with Gasteiger partial charge in [-0.2, -0.15) is 0 Å². The van der Waals surface area contributed by atoms with Crippen LogP contribution in [0.15, 0.2) is 0 Å². The van der Waals surface area contributed by atoms with Gasteiger partial charge in [0.1, 0.15) is 0 Å². The molecule has 16 heavy (non-hydrogen) atoms. The first-order valence-corrected chi connectivity index (χ1v) is 7.13. The van der Waals surface area contributed by atoms with Gasteiger partial charge in [-0.05, 0) is 58.5 Å². The van der Waals surface area contributed by atoms with Crippen LogP contribution in [0.3, 0.4) is 0 Å². The van der Waals surface area contributed by atoms with Gasteiger partial charge in [-0.1, -0.05) is 12.8 Å². The van der Waals surface area contributed by atoms with Gasteiger partial charge in [0.2, 0.25) is 0 Å². The Balaban J connectivity index is 1.83. The molecule has 2 fully saturated rings. The number of rotatable bonds is 4. The number of ether oxygens (including phenoxy) is 1. The Morgan fingerprint density at radius 3 is 2.44 bits per heavy atom. The third-order valence-electron chi connectivity index (χ3n) is 3.98. The number of likely N-dealkylation sites (tertiary alicyclic amines) is 1. The molecule has 0 N–H and O–H groups in total. The summed E-state index contributed by atoms with van der Waals surface area (Å²) in [6.07, 6.45) is 9.19. The van der Waals surface area contributed by atoms with Crippen molar-refractivity contribution in [2.45, 2.75) is 64.6 Å². The third-order valence-corrected chi connectivity index (χ3v) is 3.98. The summed E-state index contributed by atoms with van der Waals surface area (Å²) in [5.74, 6) is 0.800. The minimum atomic E-state index is 0.393. The molecule has 0 aromatic carbocycles. The van der Waals surface area contributed by atoms with E-state index < -0.39 is 0 Å². The maximum Gasteiger partial charge on any atom is 0.0619 e. The molecule has 2 unspecified atom stereocenters. The molecule has 2 heteroatoms. The molecule has 1 heterocycles. The molecule has 1 saturated heterocycles. The lowest BCUT2D eigenvalue weighted by Crippen LogP contribution is -2.38. The van der Waals surface area contributed by atoms with E-state index in [1.54, 1.807) is 0 Å². The van der Waals surface area contributed by atoms with Gasteiger partial charge < -0.3 is 9.64 Å². The first kappa shape index (κ1) is 12.4. The molecular weight excluding hydrogens is 198 g/mol. The molecule has 2 atom stereocenters. The van der Waals surface area contributed by atoms with E-state index in [4.69, 9.17) is 4.74 Å². The summed E-state index contributed by atoms with van der Waals surface area (Å²) in [4.78, 5) is 2.65. The lowest BCUT2D eigenvalue weighted by Gasteiger charge is -2.35. The fraction of sp³-hybridized carbons (Fsp3) is 1.00. The standard InChI is InChI=1S/C14H27NO/c1-12(2)16-14-8-4-3-7-13(14)11-15-9-5-6-10-15/h12-14H,3-11H2,1-2H3. The highest BCUT2D eigenvalue weighted by Crippen LogP contribution is 2.29. The summed E-state index contributed by atoms with van der Waals surface area (Å²) >= 11 is 0. The van der Waals surface area contributed by atoms with E-state index in [1.165, 1.54) is 58.2 Å². The predicted octanol–water partition coefficient (Wildman–Crippen LogP) is 3.07. The molecule has 0 aromatic rings. The zero-order chi connectivity index (χ0) is 11.4. The maximum atomic E-state index is 6.09. The van der Waals surface area contributed by atoms with Crippen molar-refractivity contribution in [3.63, 3.8) is 0 Å². The van der Waals surface area contributed by atoms with Crippen molar-refractivity contribution in [3.05, 3.63) is 0 Å². The largest absolute Gasteiger partial charge is 0.375 e. The van der Waals surface area contributed by atoms with Crippen LogP contribution >= 0.6 is 0 Å². The minimum Gasteiger partial charge on any atom is -0.375 e. The van der Waals surface area contributed by atoms with Gasteiger partial charge in [0.05, 0.1) is 12.2 Å². The monoisotopic (exact) mass is 225 g/mol. The van der Waals surface area contributed by atoms with Gasteiger partial charge in [-0.25, -0.2) is 0 Å². The summed E-state index contributed by atoms with van der Waals surface area (Å²) < 4.78 is 6.09. The van der Waals surface area contributed by atoms with E-state index >= 15 is 0 Å². The fourth-order valence-electron chi connectivity index (χ4n) is 3.21. The van der Waals surface area contributed by atoms with E-state index in [1.807, 2.05) is 0 Å². The van der Waals surface area contributed by atoms with Crippen molar-refractivity contribution in [2.75, 3.05) is 19.6 Å². The van der Waals surface area contributed by atoms with Crippen LogP contribution in [0.2, 0.25) is 0 Å². The molecule has 1 aliphatic heterocycles. The third kappa shape index (κ3) is 3.46. The Hall–Kier alpha value is -0.0800. The van der Waals surface area contributed by atoms with Crippen molar-refractivity contribution in [1.29, 1.82) is 0 Å². The van der Waals surface area contributed by atoms with Crippen LogP contribution in [-0.4, -0.2) is 36.7 Å². The second-order valence-electron chi connectivity index (χ2n) is 5.78. The number of hydrogen-bond donors (Lipinski definition) is 0. The van der Waals surface area contributed by atoms with Gasteiger partial charge in [-0.15, -0.1) is 0 Å². The van der Waals surface area contributed by atoms with E-state index in [0.717, 1.165) is 5.92 Å². The molecule has 0 spiro atoms. The topological polar surface area (TPSA) is 12.5 Å². The molecule has 0 aromatic heterocycles. The van der Waals surface area contributed by atoms with E-state index in [0.29, 0.717) is 12.2 Å². The average molecular weight is 225 g/mol. The average Bonchev–Trinajstić information content (AvgIpc) is 2.73. The highest BCUT2D eigenvalue weighted by molar-refractivity contribution is 4.80. The quantitative estimate of drug-likeness (QED) is 0.729. The van der Waals surface area contributed by atoms with E-state index in [2.05, 4.69) is 18.7 Å². The molecule has 0 bridgehead atoms. The van der Waals surface area contributed by atoms with Crippen LogP contribution in [0, 0.1) is 5.92 Å². The van der Waals surface area contributed by atoms with Crippen LogP contribution in [0.5, 0.6) is 0 Å². The Morgan fingerprint density at radius 1 is 1.06 bits per heavy atom. The Labute approximate surface area is 100 Å². The summed E-state index contributed by atoms with van der Waals surface area (Å²) in [7, 11) is 0. The Bertz CT molecular complexity index is 199. The van der Waals surface area contributed by atoms with Crippen LogP contribution in [-0.2, 0) is 4.74 Å². The number of hydrogen-bond acceptors (Lipinski definition) is 2. The van der Waals surface area contributed by atoms with Gasteiger partial charge >= 0.3 is 0 Å². The maximum absolute atomic E-state index is 6.09. The van der Waals surface area contributed by atoms with Crippen LogP contribution in [0.4, 0.5) is 0 Å². The SMILES string of the molecule is CC(C)OC1CCCCC1CN1CCCC1. The second kappa shape index (κ2) is 6.02. The molecule has 2 aliphatic rings. The molecule has 1 saturated carbocycles. The summed E-state index contributed by atoms with van der Waals surface area (Å²) in [5, 5.41) is 0. The second-order valence-corrected chi connectivity index (χ2v) is 5.78. The molecule has 0 radical (unpaired) electrons. The van der Waals surface area contributed by atoms with Crippen molar-refractivity contribution >= 4 is 0 Å². The van der Waals surface area contributed by atoms with Gasteiger partial charge in [0.25, 0.3) is 0 Å². The summed E-state index contributed by atoms with van der Waals surface area (Å²) in [5.41, 5.74) is 0.